The zero-order valence-corrected chi connectivity index (χ0v) is 19.7. The van der Waals surface area contributed by atoms with Crippen LogP contribution in [-0.4, -0.2) is 35.0 Å². The van der Waals surface area contributed by atoms with E-state index in [1.807, 2.05) is 0 Å². The maximum Gasteiger partial charge on any atom is 0.418 e. The van der Waals surface area contributed by atoms with Crippen molar-refractivity contribution in [2.45, 2.75) is 50.8 Å². The number of pyridine rings is 1. The number of aliphatic hydroxyl groups is 1. The van der Waals surface area contributed by atoms with Crippen molar-refractivity contribution in [3.8, 4) is 5.75 Å². The number of anilines is 1. The number of aryl methyl sites for hydroxylation is 1. The second-order valence-corrected chi connectivity index (χ2v) is 9.83. The molecule has 2 heterocycles. The maximum atomic E-state index is 14.2. The molecule has 4 rings (SSSR count). The Balaban J connectivity index is 1.68. The lowest BCUT2D eigenvalue weighted by molar-refractivity contribution is -0.260. The summed E-state index contributed by atoms with van der Waals surface area (Å²) >= 11 is 6.29. The number of aromatic nitrogens is 1. The van der Waals surface area contributed by atoms with E-state index >= 15 is 0 Å². The van der Waals surface area contributed by atoms with Gasteiger partial charge in [-0.1, -0.05) is 25.4 Å². The lowest BCUT2D eigenvalue weighted by atomic mass is 9.74. The minimum absolute atomic E-state index is 0.207. The van der Waals surface area contributed by atoms with Gasteiger partial charge in [0.25, 0.3) is 0 Å². The van der Waals surface area contributed by atoms with Gasteiger partial charge in [0.1, 0.15) is 11.6 Å². The molecule has 0 radical (unpaired) electrons. The van der Waals surface area contributed by atoms with E-state index in [1.54, 1.807) is 31.2 Å². The fourth-order valence-corrected chi connectivity index (χ4v) is 4.79. The van der Waals surface area contributed by atoms with Gasteiger partial charge in [0.05, 0.1) is 29.4 Å². The summed E-state index contributed by atoms with van der Waals surface area (Å²) in [7, 11) is 0. The van der Waals surface area contributed by atoms with E-state index in [-0.39, 0.29) is 10.7 Å². The van der Waals surface area contributed by atoms with Crippen LogP contribution in [0.4, 0.5) is 23.2 Å². The van der Waals surface area contributed by atoms with Crippen LogP contribution in [0.15, 0.2) is 36.4 Å². The first-order valence-corrected chi connectivity index (χ1v) is 11.2. The number of rotatable bonds is 6. The highest BCUT2D eigenvalue weighted by molar-refractivity contribution is 6.34. The predicted octanol–water partition coefficient (Wildman–Crippen LogP) is 6.34. The van der Waals surface area contributed by atoms with Crippen molar-refractivity contribution in [1.82, 2.24) is 4.98 Å². The Morgan fingerprint density at radius 1 is 1.15 bits per heavy atom. The van der Waals surface area contributed by atoms with Crippen LogP contribution in [0.2, 0.25) is 5.02 Å². The molecular weight excluding hydrogens is 472 g/mol. The molecule has 0 saturated carbocycles. The molecule has 182 valence electrons. The molecule has 34 heavy (non-hydrogen) atoms. The number of fused-ring (bicyclic) bond motifs is 2. The molecular formula is C25H25ClF4N2O2. The highest BCUT2D eigenvalue weighted by Gasteiger charge is 2.56. The van der Waals surface area contributed by atoms with Crippen molar-refractivity contribution < 1.29 is 27.4 Å². The zero-order valence-electron chi connectivity index (χ0n) is 19.0. The van der Waals surface area contributed by atoms with Gasteiger partial charge in [0.15, 0.2) is 5.60 Å². The lowest BCUT2D eigenvalue weighted by Crippen LogP contribution is -2.53. The molecule has 1 aliphatic rings. The van der Waals surface area contributed by atoms with E-state index in [4.69, 9.17) is 16.3 Å². The monoisotopic (exact) mass is 496 g/mol. The molecule has 2 N–H and O–H groups in total. The van der Waals surface area contributed by atoms with E-state index in [9.17, 15) is 22.7 Å². The Hall–Kier alpha value is -2.58. The predicted molar refractivity (Wildman–Crippen MR) is 124 cm³/mol. The third-order valence-electron chi connectivity index (χ3n) is 6.26. The van der Waals surface area contributed by atoms with Gasteiger partial charge in [-0.05, 0) is 55.2 Å². The third-order valence-corrected chi connectivity index (χ3v) is 6.57. The van der Waals surface area contributed by atoms with Crippen LogP contribution in [0.25, 0.3) is 10.9 Å². The Kier molecular flexibility index (Phi) is 6.19. The summed E-state index contributed by atoms with van der Waals surface area (Å²) in [5.41, 5.74) is -1.93. The van der Waals surface area contributed by atoms with Crippen molar-refractivity contribution in [2.24, 2.45) is 0 Å². The van der Waals surface area contributed by atoms with Crippen LogP contribution in [-0.2, 0) is 11.8 Å². The SMILES string of the molecule is Cc1ccc2c(NC[C@@](O)(CC(C)(C)c3cc(F)cc4c3OCC4)C(F)(F)F)c(Cl)ccc2n1. The van der Waals surface area contributed by atoms with Crippen LogP contribution in [0.5, 0.6) is 5.75 Å². The first kappa shape index (κ1) is 24.5. The van der Waals surface area contributed by atoms with Gasteiger partial charge in [-0.25, -0.2) is 4.39 Å². The van der Waals surface area contributed by atoms with Crippen molar-refractivity contribution in [3.63, 3.8) is 0 Å². The first-order chi connectivity index (χ1) is 15.8. The average Bonchev–Trinajstić information content (AvgIpc) is 3.19. The molecule has 0 unspecified atom stereocenters. The Labute approximate surface area is 199 Å². The highest BCUT2D eigenvalue weighted by Crippen LogP contribution is 2.46. The van der Waals surface area contributed by atoms with Crippen molar-refractivity contribution >= 4 is 28.2 Å². The van der Waals surface area contributed by atoms with E-state index in [1.165, 1.54) is 26.0 Å². The van der Waals surface area contributed by atoms with Gasteiger partial charge in [0.2, 0.25) is 0 Å². The molecule has 2 aromatic carbocycles. The number of benzene rings is 2. The fraction of sp³-hybridized carbons (Fsp3) is 0.400. The smallest absolute Gasteiger partial charge is 0.418 e. The zero-order chi connectivity index (χ0) is 24.9. The summed E-state index contributed by atoms with van der Waals surface area (Å²) in [6, 6.07) is 9.19. The number of nitrogens with one attached hydrogen (secondary N) is 1. The molecule has 3 aromatic rings. The van der Waals surface area contributed by atoms with Crippen LogP contribution < -0.4 is 10.1 Å². The van der Waals surface area contributed by atoms with E-state index in [2.05, 4.69) is 10.3 Å². The van der Waals surface area contributed by atoms with Crippen LogP contribution in [0, 0.1) is 12.7 Å². The average molecular weight is 497 g/mol. The Bertz CT molecular complexity index is 1250. The van der Waals surface area contributed by atoms with Gasteiger partial charge in [-0.3, -0.25) is 4.98 Å². The number of hydrogen-bond donors (Lipinski definition) is 2. The Morgan fingerprint density at radius 2 is 1.88 bits per heavy atom. The molecule has 1 atom stereocenters. The standard InChI is InChI=1S/C25H25ClF4N2O2/c1-14-4-5-17-20(32-14)7-6-19(26)21(17)31-13-24(33,25(28,29)30)12-23(2,3)18-11-16(27)10-15-8-9-34-22(15)18/h4-7,10-11,31,33H,8-9,12-13H2,1-3H3/t24-/m0/s1. The molecule has 0 spiro atoms. The first-order valence-electron chi connectivity index (χ1n) is 10.9. The van der Waals surface area contributed by atoms with Crippen LogP contribution in [0.1, 0.15) is 37.1 Å². The van der Waals surface area contributed by atoms with Crippen LogP contribution in [0.3, 0.4) is 0 Å². The maximum absolute atomic E-state index is 14.2. The summed E-state index contributed by atoms with van der Waals surface area (Å²) in [6.07, 6.45) is -5.22. The summed E-state index contributed by atoms with van der Waals surface area (Å²) in [5.74, 6) is -0.159. The van der Waals surface area contributed by atoms with Gasteiger partial charge < -0.3 is 15.2 Å². The minimum atomic E-state index is -4.97. The second kappa shape index (κ2) is 8.57. The molecule has 4 nitrogen and oxygen atoms in total. The fourth-order valence-electron chi connectivity index (χ4n) is 4.55. The van der Waals surface area contributed by atoms with E-state index in [0.717, 1.165) is 5.69 Å². The molecule has 1 aliphatic heterocycles. The molecule has 0 bridgehead atoms. The molecule has 0 amide bonds. The van der Waals surface area contributed by atoms with Crippen molar-refractivity contribution in [1.29, 1.82) is 0 Å². The lowest BCUT2D eigenvalue weighted by Gasteiger charge is -2.38. The molecule has 1 aromatic heterocycles. The van der Waals surface area contributed by atoms with Gasteiger partial charge in [-0.2, -0.15) is 13.2 Å². The van der Waals surface area contributed by atoms with Crippen molar-refractivity contribution in [3.05, 3.63) is 64.1 Å². The molecule has 0 fully saturated rings. The number of hydrogen-bond acceptors (Lipinski definition) is 4. The number of ether oxygens (including phenoxy) is 1. The second-order valence-electron chi connectivity index (χ2n) is 9.43. The minimum Gasteiger partial charge on any atom is -0.493 e. The number of nitrogens with zero attached hydrogens (tertiary/aromatic N) is 1. The number of halogens is 5. The topological polar surface area (TPSA) is 54.4 Å². The molecule has 0 aliphatic carbocycles. The highest BCUT2D eigenvalue weighted by atomic mass is 35.5. The summed E-state index contributed by atoms with van der Waals surface area (Å²) in [4.78, 5) is 4.38. The normalized spacial score (nSPS) is 15.7. The van der Waals surface area contributed by atoms with Crippen molar-refractivity contribution in [2.75, 3.05) is 18.5 Å². The van der Waals surface area contributed by atoms with E-state index in [0.29, 0.717) is 40.8 Å². The Morgan fingerprint density at radius 3 is 2.59 bits per heavy atom. The summed E-state index contributed by atoms with van der Waals surface area (Å²) in [5, 5.41) is 14.4. The van der Waals surface area contributed by atoms with Crippen LogP contribution >= 0.6 is 11.6 Å². The van der Waals surface area contributed by atoms with Gasteiger partial charge >= 0.3 is 6.18 Å². The van der Waals surface area contributed by atoms with Gasteiger partial charge in [-0.15, -0.1) is 0 Å². The summed E-state index contributed by atoms with van der Waals surface area (Å²) in [6.45, 7) is 4.36. The molecule has 0 saturated heterocycles. The summed E-state index contributed by atoms with van der Waals surface area (Å²) < 4.78 is 62.5. The quantitative estimate of drug-likeness (QED) is 0.391. The van der Waals surface area contributed by atoms with E-state index < -0.39 is 36.0 Å². The number of alkyl halides is 3. The molecule has 9 heteroatoms. The third kappa shape index (κ3) is 4.53. The van der Waals surface area contributed by atoms with Gasteiger partial charge in [0, 0.05) is 28.6 Å². The largest absolute Gasteiger partial charge is 0.493 e.